The van der Waals surface area contributed by atoms with Crippen LogP contribution in [-0.2, 0) is 91.8 Å². The number of nitrogens with one attached hydrogen (secondary N) is 5. The third-order valence-electron chi connectivity index (χ3n) is 21.2. The number of carbonyl (C=O) groups excluding carboxylic acids is 7. The number of aliphatic carboxylic acids is 1. The second-order valence-electron chi connectivity index (χ2n) is 30.6. The summed E-state index contributed by atoms with van der Waals surface area (Å²) in [5.74, 6) is -3.29. The van der Waals surface area contributed by atoms with Gasteiger partial charge in [0.1, 0.15) is 57.9 Å². The van der Waals surface area contributed by atoms with Gasteiger partial charge in [0.05, 0.1) is 51.0 Å². The zero-order valence-electron chi connectivity index (χ0n) is 60.3. The molecule has 0 aromatic heterocycles. The predicted molar refractivity (Wildman–Crippen MR) is 382 cm³/mol. The minimum atomic E-state index is -3.90. The van der Waals surface area contributed by atoms with Crippen molar-refractivity contribution >= 4 is 89.3 Å². The Morgan fingerprint density at radius 1 is 0.592 bits per heavy atom. The van der Waals surface area contributed by atoms with E-state index in [1.54, 1.807) is 41.1 Å². The molecule has 6 fully saturated rings. The number of sulfonamides is 2. The number of carboxylic acid groups (broad SMARTS) is 1. The molecular formula is C74H98N8O19S2. The van der Waals surface area contributed by atoms with E-state index in [1.165, 1.54) is 30.1 Å². The molecule has 27 nitrogen and oxygen atoms in total. The quantitative estimate of drug-likeness (QED) is 0.0602. The van der Waals surface area contributed by atoms with E-state index in [0.29, 0.717) is 51.4 Å². The summed E-state index contributed by atoms with van der Waals surface area (Å²) in [4.78, 5) is 109. The first kappa shape index (κ1) is 77.2. The summed E-state index contributed by atoms with van der Waals surface area (Å²) in [5, 5.41) is 21.2. The zero-order valence-corrected chi connectivity index (χ0v) is 61.9. The molecule has 560 valence electrons. The lowest BCUT2D eigenvalue weighted by molar-refractivity contribution is -0.150. The van der Waals surface area contributed by atoms with Crippen molar-refractivity contribution in [1.82, 2.24) is 35.2 Å². The lowest BCUT2D eigenvalue weighted by atomic mass is 9.85. The van der Waals surface area contributed by atoms with Gasteiger partial charge in [0, 0.05) is 38.9 Å². The smallest absolute Gasteiger partial charge is 0.407 e. The molecule has 4 aromatic rings. The van der Waals surface area contributed by atoms with Gasteiger partial charge in [-0.25, -0.2) is 31.2 Å². The first-order valence-corrected chi connectivity index (χ1v) is 38.1. The summed E-state index contributed by atoms with van der Waals surface area (Å²) in [7, 11) is -1.04. The van der Waals surface area contributed by atoms with Crippen molar-refractivity contribution in [1.29, 1.82) is 0 Å². The molecule has 8 N–H and O–H groups in total. The average molecular weight is 1470 g/mol. The number of cyclic esters (lactones) is 2. The molecule has 12 rings (SSSR count). The first-order chi connectivity index (χ1) is 48.5. The highest BCUT2D eigenvalue weighted by molar-refractivity contribution is 7.91. The molecule has 8 aliphatic rings. The number of amides is 7. The van der Waals surface area contributed by atoms with Gasteiger partial charge in [-0.1, -0.05) is 78.0 Å². The van der Waals surface area contributed by atoms with Gasteiger partial charge in [-0.15, -0.1) is 13.2 Å². The van der Waals surface area contributed by atoms with Crippen LogP contribution in [0.3, 0.4) is 0 Å². The molecule has 4 heterocycles. The summed E-state index contributed by atoms with van der Waals surface area (Å²) in [6.07, 6.45) is 8.74. The molecule has 4 aromatic carbocycles. The van der Waals surface area contributed by atoms with Crippen molar-refractivity contribution < 1.29 is 88.7 Å². The van der Waals surface area contributed by atoms with Crippen molar-refractivity contribution in [2.24, 2.45) is 28.4 Å². The first-order valence-electron chi connectivity index (χ1n) is 35.0. The van der Waals surface area contributed by atoms with Crippen LogP contribution in [-0.4, -0.2) is 180 Å². The Morgan fingerprint density at radius 3 is 1.40 bits per heavy atom. The van der Waals surface area contributed by atoms with E-state index in [0.717, 1.165) is 74.6 Å². The summed E-state index contributed by atoms with van der Waals surface area (Å²) in [6.45, 7) is 18.5. The van der Waals surface area contributed by atoms with Gasteiger partial charge in [-0.3, -0.25) is 33.4 Å². The number of hydrogen-bond donors (Lipinski definition) is 7. The zero-order chi connectivity index (χ0) is 75.2. The standard InChI is InChI=1S/C37H48N4O9S.C28H36N2O7.C9H14N2O3S/c1-7-25-19-37(25,33(44)40-51(46,47)27-13-14-27)39-31(42)28-20-36(49-6)21-41(28)32(43)30(35(2,3)4)38-34(45)50-15-9-8-10-23-16-24-17-26(36)12-11-22(24)18-29(23)48-5;1-27(2,3)23-24(31)30-16-28(36-5,15-21(30)25(32)33)20-10-9-17-14-22(35-4)18(12-19(17)13-20)8-6-7-11-37-26(34)29-23;1-2-6-5-9(6,10)8(12)11-15(13,14)7-3-4-7/h7,11-12,16-18,25,27-28,30H,1,8-10,13-15,19-21H2,2-6H3,(H,38,45)(H,39,42)(H,40,44);9-10,12-14,21,23H,6-8,11,15-16H2,1-5H3,(H,29,34)(H,32,33);2,6-7H,1,3-5,10H2,(H,11,12)/t25-,28+,30-,36+,37-;21-,23+,28-;6-,9-/m101/s1. The highest BCUT2D eigenvalue weighted by Crippen LogP contribution is 2.49. The molecule has 4 aliphatic heterocycles. The van der Waals surface area contributed by atoms with E-state index in [2.05, 4.69) is 46.0 Å². The number of benzene rings is 4. The van der Waals surface area contributed by atoms with E-state index >= 15 is 0 Å². The number of hydrogen-bond acceptors (Lipinski definition) is 19. The molecule has 10 atom stereocenters. The Balaban J connectivity index is 0.000000190. The van der Waals surface area contributed by atoms with Gasteiger partial charge in [-0.05, 0) is 168 Å². The Kier molecular flexibility index (Phi) is 22.2. The maximum absolute atomic E-state index is 14.6. The number of nitrogens with zero attached hydrogens (tertiary/aromatic N) is 2. The number of ether oxygens (including phenoxy) is 6. The van der Waals surface area contributed by atoms with Crippen LogP contribution in [0.5, 0.6) is 11.5 Å². The highest BCUT2D eigenvalue weighted by atomic mass is 32.2. The molecule has 4 saturated carbocycles. The van der Waals surface area contributed by atoms with Crippen molar-refractivity contribution in [3.8, 4) is 11.5 Å². The van der Waals surface area contributed by atoms with Crippen molar-refractivity contribution in [2.45, 2.75) is 188 Å². The van der Waals surface area contributed by atoms with Crippen LogP contribution in [0, 0.1) is 22.7 Å². The van der Waals surface area contributed by atoms with Crippen LogP contribution in [0.25, 0.3) is 21.5 Å². The summed E-state index contributed by atoms with van der Waals surface area (Å²) in [6, 6.07) is 15.5. The minimum Gasteiger partial charge on any atom is -0.496 e. The summed E-state index contributed by atoms with van der Waals surface area (Å²) in [5.41, 5.74) is 3.02. The largest absolute Gasteiger partial charge is 0.496 e. The van der Waals surface area contributed by atoms with Gasteiger partial charge in [0.15, 0.2) is 0 Å². The lowest BCUT2D eigenvalue weighted by Gasteiger charge is -2.35. The number of carbonyl (C=O) groups is 8. The van der Waals surface area contributed by atoms with E-state index in [-0.39, 0.29) is 51.5 Å². The third kappa shape index (κ3) is 16.4. The fraction of sp³-hybridized carbons (Fsp3) is 0.568. The Morgan fingerprint density at radius 2 is 1.02 bits per heavy atom. The molecule has 7 amide bonds. The summed E-state index contributed by atoms with van der Waals surface area (Å²) < 4.78 is 87.0. The molecule has 0 unspecified atom stereocenters. The van der Waals surface area contributed by atoms with Crippen LogP contribution in [0.4, 0.5) is 9.59 Å². The van der Waals surface area contributed by atoms with Crippen LogP contribution >= 0.6 is 0 Å². The maximum Gasteiger partial charge on any atom is 0.407 e. The fourth-order valence-electron chi connectivity index (χ4n) is 14.3. The molecule has 4 aliphatic carbocycles. The molecule has 103 heavy (non-hydrogen) atoms. The van der Waals surface area contributed by atoms with Gasteiger partial charge >= 0.3 is 18.2 Å². The van der Waals surface area contributed by atoms with Crippen LogP contribution in [0.1, 0.15) is 141 Å². The van der Waals surface area contributed by atoms with Gasteiger partial charge in [0.2, 0.25) is 37.8 Å². The second kappa shape index (κ2) is 29.6. The number of carboxylic acids is 1. The van der Waals surface area contributed by atoms with Crippen molar-refractivity contribution in [3.63, 3.8) is 0 Å². The number of methoxy groups -OCH3 is 4. The minimum absolute atomic E-state index is 0.0216. The predicted octanol–water partition coefficient (Wildman–Crippen LogP) is 6.79. The monoisotopic (exact) mass is 1470 g/mol. The number of aryl methyl sites for hydroxylation is 2. The Labute approximate surface area is 601 Å². The topological polar surface area (TPSA) is 373 Å². The second-order valence-corrected chi connectivity index (χ2v) is 34.5. The number of rotatable bonds is 15. The molecule has 0 spiro atoms. The van der Waals surface area contributed by atoms with Crippen LogP contribution < -0.4 is 40.6 Å². The van der Waals surface area contributed by atoms with Gasteiger partial charge in [-0.2, -0.15) is 0 Å². The van der Waals surface area contributed by atoms with Gasteiger partial charge < -0.3 is 65.0 Å². The van der Waals surface area contributed by atoms with E-state index in [9.17, 15) is 60.3 Å². The Hall–Kier alpha value is -8.38. The Bertz CT molecular complexity index is 4260. The number of alkyl carbamates (subject to hydrolysis) is 2. The van der Waals surface area contributed by atoms with Crippen molar-refractivity contribution in [2.75, 3.05) is 54.7 Å². The molecule has 0 radical (unpaired) electrons. The average Bonchev–Trinajstić information content (AvgIpc) is 1.45. The van der Waals surface area contributed by atoms with E-state index in [4.69, 9.17) is 34.2 Å². The normalized spacial score (nSPS) is 28.2. The SMILES string of the molecule is C=C[C@@H]1C[C@]1(N)C(=O)NS(=O)(=O)C1CC1.C=C[C@@H]1C[C@]1(NC(=O)[C@@H]1C[C@]2(OC)CN1C(=O)[C@H](C(C)(C)C)NC(=O)OCCCCc1cc3cc2ccc3cc1OC)C(=O)NS(=O)(=O)C1CC1.COc1cc2ccc3cc2cc1CCCCOC(=O)N[C@@H](C(C)(C)C)C(=O)N1C[C@@]3(OC)C[C@H]1C(=O)O. The van der Waals surface area contributed by atoms with E-state index in [1.807, 2.05) is 74.0 Å². The molecule has 2 saturated heterocycles. The van der Waals surface area contributed by atoms with Crippen LogP contribution in [0.15, 0.2) is 86.0 Å². The van der Waals surface area contributed by atoms with Gasteiger partial charge in [0.25, 0.3) is 11.8 Å². The molecule has 10 bridgehead atoms. The highest BCUT2D eigenvalue weighted by Gasteiger charge is 2.63. The van der Waals surface area contributed by atoms with Crippen LogP contribution in [0.2, 0.25) is 0 Å². The number of fused-ring (bicyclic) bond motifs is 10. The number of nitrogens with two attached hydrogens (primary N) is 1. The summed E-state index contributed by atoms with van der Waals surface area (Å²) >= 11 is 0. The lowest BCUT2D eigenvalue weighted by Crippen LogP contribution is -2.60. The maximum atomic E-state index is 14.6. The molecule has 29 heteroatoms. The fourth-order valence-corrected chi connectivity index (χ4v) is 17.0. The third-order valence-corrected chi connectivity index (χ3v) is 24.9. The van der Waals surface area contributed by atoms with E-state index < -0.39 is 141 Å². The van der Waals surface area contributed by atoms with Crippen molar-refractivity contribution in [3.05, 3.63) is 108 Å². The molecular weight excluding hydrogens is 1370 g/mol.